The lowest BCUT2D eigenvalue weighted by molar-refractivity contribution is -0.119. The standard InChI is InChI=1S/C20H19NO6/c1-11-14-9-13(26-10-18(21)22)5-7-15(14)27-20(23)19(11)12-4-6-16(24-2)17(8-12)25-3/h4-9H,10H2,1-3H3,(H2,21,22). The van der Waals surface area contributed by atoms with Gasteiger partial charge >= 0.3 is 5.63 Å². The van der Waals surface area contributed by atoms with E-state index >= 15 is 0 Å². The van der Waals surface area contributed by atoms with Crippen molar-refractivity contribution in [3.05, 3.63) is 52.4 Å². The second-order valence-electron chi connectivity index (χ2n) is 5.87. The molecule has 27 heavy (non-hydrogen) atoms. The zero-order valence-electron chi connectivity index (χ0n) is 15.2. The summed E-state index contributed by atoms with van der Waals surface area (Å²) in [5.74, 6) is 0.951. The number of fused-ring (bicyclic) bond motifs is 1. The lowest BCUT2D eigenvalue weighted by Gasteiger charge is -2.12. The largest absolute Gasteiger partial charge is 0.493 e. The summed E-state index contributed by atoms with van der Waals surface area (Å²) in [4.78, 5) is 23.5. The molecule has 140 valence electrons. The number of ether oxygens (including phenoxy) is 3. The molecule has 0 saturated carbocycles. The second kappa shape index (κ2) is 7.41. The summed E-state index contributed by atoms with van der Waals surface area (Å²) < 4.78 is 21.4. The van der Waals surface area contributed by atoms with Gasteiger partial charge < -0.3 is 24.4 Å². The molecule has 0 aliphatic heterocycles. The Kier molecular flexibility index (Phi) is 5.03. The highest BCUT2D eigenvalue weighted by atomic mass is 16.5. The van der Waals surface area contributed by atoms with E-state index in [0.29, 0.717) is 39.3 Å². The van der Waals surface area contributed by atoms with E-state index in [1.807, 2.05) is 6.92 Å². The lowest BCUT2D eigenvalue weighted by atomic mass is 9.99. The number of aryl methyl sites for hydroxylation is 1. The molecule has 1 heterocycles. The number of hydrogen-bond acceptors (Lipinski definition) is 6. The maximum Gasteiger partial charge on any atom is 0.344 e. The summed E-state index contributed by atoms with van der Waals surface area (Å²) in [6.45, 7) is 1.59. The third kappa shape index (κ3) is 3.57. The Balaban J connectivity index is 2.15. The summed E-state index contributed by atoms with van der Waals surface area (Å²) in [5, 5.41) is 0.696. The van der Waals surface area contributed by atoms with Crippen LogP contribution in [0.3, 0.4) is 0 Å². The van der Waals surface area contributed by atoms with E-state index < -0.39 is 11.5 Å². The third-order valence-corrected chi connectivity index (χ3v) is 4.19. The van der Waals surface area contributed by atoms with E-state index in [9.17, 15) is 9.59 Å². The van der Waals surface area contributed by atoms with Crippen LogP contribution in [-0.2, 0) is 4.79 Å². The van der Waals surface area contributed by atoms with Crippen LogP contribution >= 0.6 is 0 Å². The number of amides is 1. The van der Waals surface area contributed by atoms with Crippen molar-refractivity contribution >= 4 is 16.9 Å². The molecule has 0 atom stereocenters. The topological polar surface area (TPSA) is 101 Å². The van der Waals surface area contributed by atoms with Crippen LogP contribution < -0.4 is 25.6 Å². The van der Waals surface area contributed by atoms with E-state index in [1.54, 1.807) is 43.5 Å². The highest BCUT2D eigenvalue weighted by Crippen LogP contribution is 2.34. The smallest absolute Gasteiger partial charge is 0.344 e. The van der Waals surface area contributed by atoms with Crippen LogP contribution in [0.25, 0.3) is 22.1 Å². The number of nitrogens with two attached hydrogens (primary N) is 1. The van der Waals surface area contributed by atoms with Gasteiger partial charge in [-0.2, -0.15) is 0 Å². The Labute approximate surface area is 155 Å². The van der Waals surface area contributed by atoms with Gasteiger partial charge in [-0.25, -0.2) is 4.79 Å². The maximum absolute atomic E-state index is 12.6. The van der Waals surface area contributed by atoms with Crippen LogP contribution in [0.1, 0.15) is 5.56 Å². The number of carbonyl (C=O) groups is 1. The molecule has 3 aromatic rings. The highest BCUT2D eigenvalue weighted by molar-refractivity contribution is 5.88. The molecule has 2 aromatic carbocycles. The quantitative estimate of drug-likeness (QED) is 0.671. The van der Waals surface area contributed by atoms with Gasteiger partial charge in [0.2, 0.25) is 0 Å². The second-order valence-corrected chi connectivity index (χ2v) is 5.87. The van der Waals surface area contributed by atoms with Gasteiger partial charge in [-0.3, -0.25) is 4.79 Å². The average molecular weight is 369 g/mol. The van der Waals surface area contributed by atoms with Crippen LogP contribution in [0.2, 0.25) is 0 Å². The molecule has 0 fully saturated rings. The molecule has 1 amide bonds. The molecule has 0 saturated heterocycles. The highest BCUT2D eigenvalue weighted by Gasteiger charge is 2.16. The van der Waals surface area contributed by atoms with Crippen molar-refractivity contribution in [3.8, 4) is 28.4 Å². The SMILES string of the molecule is COc1ccc(-c2c(C)c3cc(OCC(N)=O)ccc3oc2=O)cc1OC. The fourth-order valence-electron chi connectivity index (χ4n) is 2.90. The first-order valence-corrected chi connectivity index (χ1v) is 8.15. The Morgan fingerprint density at radius 1 is 1.07 bits per heavy atom. The molecule has 0 aliphatic carbocycles. The number of primary amides is 1. The normalized spacial score (nSPS) is 10.6. The minimum atomic E-state index is -0.572. The van der Waals surface area contributed by atoms with Crippen molar-refractivity contribution in [2.75, 3.05) is 20.8 Å². The number of methoxy groups -OCH3 is 2. The molecule has 7 heteroatoms. The van der Waals surface area contributed by atoms with Crippen molar-refractivity contribution < 1.29 is 23.4 Å². The number of carbonyl (C=O) groups excluding carboxylic acids is 1. The summed E-state index contributed by atoms with van der Waals surface area (Å²) in [5.41, 5.74) is 6.85. The predicted molar refractivity (Wildman–Crippen MR) is 100 cm³/mol. The van der Waals surface area contributed by atoms with Crippen LogP contribution in [-0.4, -0.2) is 26.7 Å². The fourth-order valence-corrected chi connectivity index (χ4v) is 2.90. The summed E-state index contributed by atoms with van der Waals surface area (Å²) in [6.07, 6.45) is 0. The first-order valence-electron chi connectivity index (χ1n) is 8.15. The Morgan fingerprint density at radius 3 is 2.48 bits per heavy atom. The minimum Gasteiger partial charge on any atom is -0.493 e. The van der Waals surface area contributed by atoms with Crippen molar-refractivity contribution in [1.29, 1.82) is 0 Å². The van der Waals surface area contributed by atoms with E-state index in [0.717, 1.165) is 5.56 Å². The number of rotatable bonds is 6. The van der Waals surface area contributed by atoms with Crippen molar-refractivity contribution in [2.24, 2.45) is 5.73 Å². The van der Waals surface area contributed by atoms with Crippen LogP contribution in [0.15, 0.2) is 45.6 Å². The molecule has 0 aliphatic rings. The van der Waals surface area contributed by atoms with Crippen molar-refractivity contribution in [3.63, 3.8) is 0 Å². The molecule has 0 radical (unpaired) electrons. The van der Waals surface area contributed by atoms with Crippen LogP contribution in [0, 0.1) is 6.92 Å². The Bertz CT molecular complexity index is 1070. The zero-order chi connectivity index (χ0) is 19.6. The summed E-state index contributed by atoms with van der Waals surface area (Å²) in [7, 11) is 3.07. The van der Waals surface area contributed by atoms with Crippen molar-refractivity contribution in [1.82, 2.24) is 0 Å². The fraction of sp³-hybridized carbons (Fsp3) is 0.200. The van der Waals surface area contributed by atoms with Crippen LogP contribution in [0.5, 0.6) is 17.2 Å². The Hall–Kier alpha value is -3.48. The van der Waals surface area contributed by atoms with E-state index in [1.165, 1.54) is 7.11 Å². The molecular weight excluding hydrogens is 350 g/mol. The van der Waals surface area contributed by atoms with Gasteiger partial charge in [0.05, 0.1) is 19.8 Å². The van der Waals surface area contributed by atoms with Gasteiger partial charge in [-0.1, -0.05) is 6.07 Å². The monoisotopic (exact) mass is 369 g/mol. The molecule has 1 aromatic heterocycles. The van der Waals surface area contributed by atoms with Gasteiger partial charge in [0.15, 0.2) is 18.1 Å². The van der Waals surface area contributed by atoms with Crippen molar-refractivity contribution in [2.45, 2.75) is 6.92 Å². The minimum absolute atomic E-state index is 0.232. The average Bonchev–Trinajstić information content (AvgIpc) is 2.66. The molecule has 3 rings (SSSR count). The molecule has 2 N–H and O–H groups in total. The third-order valence-electron chi connectivity index (χ3n) is 4.19. The molecule has 0 spiro atoms. The molecule has 7 nitrogen and oxygen atoms in total. The Morgan fingerprint density at radius 2 is 1.81 bits per heavy atom. The zero-order valence-corrected chi connectivity index (χ0v) is 15.2. The van der Waals surface area contributed by atoms with Gasteiger partial charge in [0, 0.05) is 5.39 Å². The van der Waals surface area contributed by atoms with Gasteiger partial charge in [0.25, 0.3) is 5.91 Å². The summed E-state index contributed by atoms with van der Waals surface area (Å²) >= 11 is 0. The molecular formula is C20H19NO6. The van der Waals surface area contributed by atoms with E-state index in [4.69, 9.17) is 24.4 Å². The summed E-state index contributed by atoms with van der Waals surface area (Å²) in [6, 6.07) is 10.2. The molecule has 0 bridgehead atoms. The number of hydrogen-bond donors (Lipinski definition) is 1. The van der Waals surface area contributed by atoms with Gasteiger partial charge in [-0.05, 0) is 48.4 Å². The number of benzene rings is 2. The predicted octanol–water partition coefficient (Wildman–Crippen LogP) is 2.65. The molecule has 0 unspecified atom stereocenters. The first-order chi connectivity index (χ1) is 12.9. The van der Waals surface area contributed by atoms with Gasteiger partial charge in [-0.15, -0.1) is 0 Å². The lowest BCUT2D eigenvalue weighted by Crippen LogP contribution is -2.20. The first kappa shape index (κ1) is 18.3. The van der Waals surface area contributed by atoms with Crippen LogP contribution in [0.4, 0.5) is 0 Å². The van der Waals surface area contributed by atoms with E-state index in [2.05, 4.69) is 0 Å². The van der Waals surface area contributed by atoms with E-state index in [-0.39, 0.29) is 6.61 Å². The maximum atomic E-state index is 12.6. The van der Waals surface area contributed by atoms with Gasteiger partial charge in [0.1, 0.15) is 11.3 Å².